The zero-order valence-electron chi connectivity index (χ0n) is 21.6. The van der Waals surface area contributed by atoms with E-state index in [0.29, 0.717) is 35.8 Å². The smallest absolute Gasteiger partial charge is 0.414 e. The highest BCUT2D eigenvalue weighted by molar-refractivity contribution is 8.00. The number of thioether (sulfide) groups is 1. The lowest BCUT2D eigenvalue weighted by Gasteiger charge is -2.36. The van der Waals surface area contributed by atoms with Gasteiger partial charge in [-0.3, -0.25) is 9.78 Å². The van der Waals surface area contributed by atoms with E-state index >= 15 is 0 Å². The van der Waals surface area contributed by atoms with Crippen molar-refractivity contribution in [3.8, 4) is 11.8 Å². The molecule has 0 aliphatic carbocycles. The molecule has 3 aromatic rings. The van der Waals surface area contributed by atoms with Gasteiger partial charge < -0.3 is 35.1 Å². The fraction of sp³-hybridized carbons (Fsp3) is 0.370. The minimum absolute atomic E-state index is 0.0401. The summed E-state index contributed by atoms with van der Waals surface area (Å²) >= 11 is 1.36. The Bertz CT molecular complexity index is 1420. The van der Waals surface area contributed by atoms with Gasteiger partial charge >= 0.3 is 6.09 Å². The van der Waals surface area contributed by atoms with Crippen LogP contribution in [0, 0.1) is 0 Å². The molecule has 4 N–H and O–H groups in total. The van der Waals surface area contributed by atoms with E-state index in [4.69, 9.17) is 14.2 Å². The number of fused-ring (bicyclic) bond motifs is 2. The van der Waals surface area contributed by atoms with Crippen molar-refractivity contribution >= 4 is 46.7 Å². The number of nitrogens with zero attached hydrogens (tertiary/aromatic N) is 3. The zero-order chi connectivity index (χ0) is 28.1. The summed E-state index contributed by atoms with van der Waals surface area (Å²) in [6.45, 7) is -0.434. The fourth-order valence-corrected chi connectivity index (χ4v) is 5.31. The number of aliphatic hydroxyl groups excluding tert-OH is 2. The van der Waals surface area contributed by atoms with Crippen molar-refractivity contribution in [1.82, 2.24) is 20.3 Å². The Morgan fingerprint density at radius 1 is 1.25 bits per heavy atom. The predicted molar refractivity (Wildman–Crippen MR) is 147 cm³/mol. The lowest BCUT2D eigenvalue weighted by Crippen LogP contribution is -2.51. The summed E-state index contributed by atoms with van der Waals surface area (Å²) in [7, 11) is 1.55. The molecule has 3 aromatic heterocycles. The molecule has 13 heteroatoms. The molecule has 0 aromatic carbocycles. The molecular formula is C27H29N5O7S. The van der Waals surface area contributed by atoms with Crippen molar-refractivity contribution in [2.45, 2.75) is 48.5 Å². The molecule has 0 saturated carbocycles. The topological polar surface area (TPSA) is 165 Å². The Morgan fingerprint density at radius 3 is 2.92 bits per heavy atom. The summed E-state index contributed by atoms with van der Waals surface area (Å²) < 4.78 is 16.8. The van der Waals surface area contributed by atoms with Crippen molar-refractivity contribution in [1.29, 1.82) is 0 Å². The maximum atomic E-state index is 12.7. The number of methoxy groups -OCH3 is 1. The van der Waals surface area contributed by atoms with Crippen LogP contribution in [-0.2, 0) is 9.53 Å². The quantitative estimate of drug-likeness (QED) is 0.316. The molecule has 210 valence electrons. The van der Waals surface area contributed by atoms with Gasteiger partial charge in [-0.1, -0.05) is 12.2 Å². The maximum Gasteiger partial charge on any atom is 0.414 e. The van der Waals surface area contributed by atoms with Crippen LogP contribution in [0.25, 0.3) is 17.1 Å². The van der Waals surface area contributed by atoms with Crippen LogP contribution in [-0.4, -0.2) is 81.0 Å². The number of anilines is 1. The van der Waals surface area contributed by atoms with E-state index in [1.165, 1.54) is 11.8 Å². The van der Waals surface area contributed by atoms with Gasteiger partial charge in [0.05, 0.1) is 59.8 Å². The molecule has 4 atom stereocenters. The molecule has 2 aliphatic heterocycles. The minimum Gasteiger partial charge on any atom is -0.481 e. The second-order valence-electron chi connectivity index (χ2n) is 9.32. The van der Waals surface area contributed by atoms with E-state index in [0.717, 1.165) is 16.0 Å². The summed E-state index contributed by atoms with van der Waals surface area (Å²) in [5.41, 5.74) is 2.27. The van der Waals surface area contributed by atoms with E-state index in [2.05, 4.69) is 25.6 Å². The van der Waals surface area contributed by atoms with Crippen molar-refractivity contribution in [2.75, 3.05) is 24.8 Å². The molecule has 1 saturated heterocycles. The van der Waals surface area contributed by atoms with E-state index in [1.807, 2.05) is 24.3 Å². The van der Waals surface area contributed by atoms with Gasteiger partial charge in [-0.05, 0) is 31.0 Å². The Labute approximate surface area is 234 Å². The largest absolute Gasteiger partial charge is 0.481 e. The summed E-state index contributed by atoms with van der Waals surface area (Å²) in [4.78, 5) is 38.2. The number of aromatic nitrogens is 3. The highest BCUT2D eigenvalue weighted by Gasteiger charge is 2.33. The monoisotopic (exact) mass is 567 g/mol. The Balaban J connectivity index is 1.25. The van der Waals surface area contributed by atoms with Gasteiger partial charge in [0.1, 0.15) is 5.82 Å². The first-order valence-electron chi connectivity index (χ1n) is 12.8. The third-order valence-electron chi connectivity index (χ3n) is 6.51. The van der Waals surface area contributed by atoms with E-state index in [-0.39, 0.29) is 24.3 Å². The first-order chi connectivity index (χ1) is 19.4. The second kappa shape index (κ2) is 12.6. The minimum atomic E-state index is -1.02. The lowest BCUT2D eigenvalue weighted by atomic mass is 9.94. The summed E-state index contributed by atoms with van der Waals surface area (Å²) in [5, 5.41) is 25.0. The van der Waals surface area contributed by atoms with Crippen LogP contribution in [0.1, 0.15) is 24.8 Å². The first-order valence-corrected chi connectivity index (χ1v) is 13.7. The fourth-order valence-electron chi connectivity index (χ4n) is 4.55. The molecule has 12 nitrogen and oxygen atoms in total. The van der Waals surface area contributed by atoms with Gasteiger partial charge in [-0.2, -0.15) is 4.98 Å². The van der Waals surface area contributed by atoms with Crippen molar-refractivity contribution in [3.63, 3.8) is 0 Å². The van der Waals surface area contributed by atoms with Crippen LogP contribution in [0.3, 0.4) is 0 Å². The lowest BCUT2D eigenvalue weighted by molar-refractivity contribution is -0.113. The van der Waals surface area contributed by atoms with E-state index in [1.54, 1.807) is 31.5 Å². The molecule has 0 bridgehead atoms. The number of carbonyl (C=O) groups excluding carboxylic acids is 2. The van der Waals surface area contributed by atoms with Gasteiger partial charge in [-0.25, -0.2) is 9.78 Å². The molecule has 40 heavy (non-hydrogen) atoms. The van der Waals surface area contributed by atoms with Crippen LogP contribution in [0.2, 0.25) is 0 Å². The van der Waals surface area contributed by atoms with Crippen molar-refractivity contribution < 1.29 is 34.0 Å². The van der Waals surface area contributed by atoms with Crippen LogP contribution in [0.15, 0.2) is 47.5 Å². The molecular weight excluding hydrogens is 538 g/mol. The average molecular weight is 568 g/mol. The number of nitrogens with one attached hydrogen (secondary N) is 2. The average Bonchev–Trinajstić information content (AvgIpc) is 2.96. The van der Waals surface area contributed by atoms with E-state index < -0.39 is 30.9 Å². The van der Waals surface area contributed by atoms with Crippen LogP contribution in [0.4, 0.5) is 10.6 Å². The molecule has 5 heterocycles. The zero-order valence-corrected chi connectivity index (χ0v) is 22.5. The highest BCUT2D eigenvalue weighted by Crippen LogP contribution is 2.31. The number of ether oxygens (including phenoxy) is 3. The molecule has 1 fully saturated rings. The summed E-state index contributed by atoms with van der Waals surface area (Å²) in [6.07, 6.45) is 4.12. The third-order valence-corrected chi connectivity index (χ3v) is 7.56. The standard InChI is InChI=1S/C27H29N5O7S/c1-37-23-8-6-19-25(31-23)15(10-11-28-19)2-3-17-4-5-18(20(38-17)12-16(34)13-33)29-27(36)39-24-9-7-21-26(32-24)30-22(35)14-40-21/h2-3,6-11,16-18,20,33-34H,4-5,12-14H2,1H3,(H,29,36)(H,30,32,35)/b3-2+/t16-,17-,18-,20-/m1/s1. The molecule has 0 unspecified atom stereocenters. The van der Waals surface area contributed by atoms with Crippen LogP contribution < -0.4 is 20.1 Å². The summed E-state index contributed by atoms with van der Waals surface area (Å²) in [5.74, 6) is 1.00. The normalized spacial score (nSPS) is 21.5. The number of pyridine rings is 3. The van der Waals surface area contributed by atoms with Gasteiger partial charge in [0, 0.05) is 30.3 Å². The first kappa shape index (κ1) is 27.8. The molecule has 0 spiro atoms. The number of hydrogen-bond acceptors (Lipinski definition) is 11. The van der Waals surface area contributed by atoms with Gasteiger partial charge in [0.2, 0.25) is 17.7 Å². The molecule has 5 rings (SSSR count). The molecule has 0 radical (unpaired) electrons. The maximum absolute atomic E-state index is 12.7. The SMILES string of the molecule is COc1ccc2nccc(/C=C/[C@@H]3CC[C@@H](NC(=O)Oc4ccc5c(n4)NC(=O)CS5)[C@@H](C[C@@H](O)CO)O3)c2n1. The predicted octanol–water partition coefficient (Wildman–Crippen LogP) is 2.54. The van der Waals surface area contributed by atoms with Crippen LogP contribution >= 0.6 is 11.8 Å². The van der Waals surface area contributed by atoms with Gasteiger partial charge in [-0.15, -0.1) is 11.8 Å². The van der Waals surface area contributed by atoms with Crippen molar-refractivity contribution in [3.05, 3.63) is 48.2 Å². The van der Waals surface area contributed by atoms with Gasteiger partial charge in [0.25, 0.3) is 0 Å². The highest BCUT2D eigenvalue weighted by atomic mass is 32.2. The Hall–Kier alpha value is -3.78. The molecule has 2 aliphatic rings. The number of rotatable bonds is 8. The number of amides is 2. The molecule has 2 amide bonds. The Morgan fingerprint density at radius 2 is 2.10 bits per heavy atom. The number of hydrogen-bond donors (Lipinski definition) is 4. The van der Waals surface area contributed by atoms with Crippen molar-refractivity contribution in [2.24, 2.45) is 0 Å². The van der Waals surface area contributed by atoms with E-state index in [9.17, 15) is 19.8 Å². The second-order valence-corrected chi connectivity index (χ2v) is 10.3. The number of carbonyl (C=O) groups is 2. The summed E-state index contributed by atoms with van der Waals surface area (Å²) in [6, 6.07) is 8.25. The number of aliphatic hydroxyl groups is 2. The van der Waals surface area contributed by atoms with Gasteiger partial charge in [0.15, 0.2) is 0 Å². The third kappa shape index (κ3) is 6.67. The Kier molecular flexibility index (Phi) is 8.75. The van der Waals surface area contributed by atoms with Crippen LogP contribution in [0.5, 0.6) is 11.8 Å².